The maximum atomic E-state index is 12.0. The van der Waals surface area contributed by atoms with E-state index >= 15 is 0 Å². The Bertz CT molecular complexity index is 435. The van der Waals surface area contributed by atoms with Crippen LogP contribution in [0.15, 0.2) is 30.3 Å². The van der Waals surface area contributed by atoms with Gasteiger partial charge in [0.05, 0.1) is 0 Å². The Labute approximate surface area is 113 Å². The molecular weight excluding hydrogens is 240 g/mol. The van der Waals surface area contributed by atoms with E-state index in [2.05, 4.69) is 5.32 Å². The molecule has 3 rings (SSSR count). The van der Waals surface area contributed by atoms with E-state index in [0.29, 0.717) is 12.5 Å². The molecule has 1 N–H and O–H groups in total. The molecule has 2 heterocycles. The Morgan fingerprint density at radius 2 is 2.05 bits per heavy atom. The van der Waals surface area contributed by atoms with Crippen LogP contribution in [0.5, 0.6) is 0 Å². The molecule has 2 fully saturated rings. The summed E-state index contributed by atoms with van der Waals surface area (Å²) in [5, 5.41) is 3.40. The second-order valence-corrected chi connectivity index (χ2v) is 5.45. The summed E-state index contributed by atoms with van der Waals surface area (Å²) < 4.78 is 5.38. The molecule has 0 aliphatic carbocycles. The minimum atomic E-state index is -0.172. The number of benzene rings is 1. The molecule has 0 bridgehead atoms. The van der Waals surface area contributed by atoms with E-state index < -0.39 is 0 Å². The Morgan fingerprint density at radius 1 is 1.26 bits per heavy atom. The minimum absolute atomic E-state index is 0.172. The predicted octanol–water partition coefficient (Wildman–Crippen LogP) is 1.86. The smallest absolute Gasteiger partial charge is 0.410 e. The van der Waals surface area contributed by atoms with E-state index in [1.54, 1.807) is 0 Å². The molecule has 4 nitrogen and oxygen atoms in total. The number of carbonyl (C=O) groups excluding carboxylic acids is 1. The molecule has 2 atom stereocenters. The van der Waals surface area contributed by atoms with Crippen LogP contribution in [0.25, 0.3) is 0 Å². The lowest BCUT2D eigenvalue weighted by Gasteiger charge is -2.33. The van der Waals surface area contributed by atoms with Crippen molar-refractivity contribution in [2.45, 2.75) is 13.0 Å². The average Bonchev–Trinajstić information content (AvgIpc) is 2.93. The van der Waals surface area contributed by atoms with Crippen molar-refractivity contribution in [2.75, 3.05) is 26.2 Å². The molecule has 102 valence electrons. The summed E-state index contributed by atoms with van der Waals surface area (Å²) in [5.41, 5.74) is 1.04. The second-order valence-electron chi connectivity index (χ2n) is 5.45. The van der Waals surface area contributed by atoms with E-state index in [-0.39, 0.29) is 6.09 Å². The zero-order chi connectivity index (χ0) is 13.1. The highest BCUT2D eigenvalue weighted by Crippen LogP contribution is 2.26. The van der Waals surface area contributed by atoms with Gasteiger partial charge >= 0.3 is 6.09 Å². The summed E-state index contributed by atoms with van der Waals surface area (Å²) in [6.07, 6.45) is 0.923. The molecule has 2 aliphatic rings. The first-order chi connectivity index (χ1) is 9.33. The minimum Gasteiger partial charge on any atom is -0.445 e. The summed E-state index contributed by atoms with van der Waals surface area (Å²) in [6.45, 7) is 4.18. The molecule has 1 amide bonds. The highest BCUT2D eigenvalue weighted by Gasteiger charge is 2.34. The number of hydrogen-bond acceptors (Lipinski definition) is 3. The van der Waals surface area contributed by atoms with Crippen LogP contribution in [0.1, 0.15) is 12.0 Å². The number of carbonyl (C=O) groups is 1. The van der Waals surface area contributed by atoms with Gasteiger partial charge in [0.25, 0.3) is 0 Å². The third-order valence-electron chi connectivity index (χ3n) is 4.17. The van der Waals surface area contributed by atoms with Crippen LogP contribution in [-0.4, -0.2) is 37.2 Å². The highest BCUT2D eigenvalue weighted by atomic mass is 16.6. The van der Waals surface area contributed by atoms with E-state index in [9.17, 15) is 4.79 Å². The van der Waals surface area contributed by atoms with Crippen LogP contribution in [0.4, 0.5) is 4.79 Å². The van der Waals surface area contributed by atoms with Crippen molar-refractivity contribution >= 4 is 6.09 Å². The Hall–Kier alpha value is -1.55. The first-order valence-electron chi connectivity index (χ1n) is 6.99. The number of fused-ring (bicyclic) bond motifs is 1. The number of nitrogens with one attached hydrogen (secondary N) is 1. The van der Waals surface area contributed by atoms with Gasteiger partial charge in [-0.3, -0.25) is 0 Å². The number of rotatable bonds is 2. The molecule has 2 saturated heterocycles. The fourth-order valence-electron chi connectivity index (χ4n) is 3.01. The summed E-state index contributed by atoms with van der Waals surface area (Å²) in [6, 6.07) is 9.82. The molecule has 0 saturated carbocycles. The third-order valence-corrected chi connectivity index (χ3v) is 4.17. The van der Waals surface area contributed by atoms with Crippen molar-refractivity contribution in [3.05, 3.63) is 35.9 Å². The maximum absolute atomic E-state index is 12.0. The van der Waals surface area contributed by atoms with Crippen LogP contribution in [0.2, 0.25) is 0 Å². The van der Waals surface area contributed by atoms with Gasteiger partial charge in [-0.25, -0.2) is 4.79 Å². The van der Waals surface area contributed by atoms with Gasteiger partial charge < -0.3 is 15.0 Å². The zero-order valence-corrected chi connectivity index (χ0v) is 11.0. The lowest BCUT2D eigenvalue weighted by molar-refractivity contribution is 0.0730. The zero-order valence-electron chi connectivity index (χ0n) is 11.0. The van der Waals surface area contributed by atoms with Crippen LogP contribution in [0, 0.1) is 11.8 Å². The largest absolute Gasteiger partial charge is 0.445 e. The average molecular weight is 260 g/mol. The number of ether oxygens (including phenoxy) is 1. The van der Waals surface area contributed by atoms with Gasteiger partial charge in [0.1, 0.15) is 6.61 Å². The highest BCUT2D eigenvalue weighted by molar-refractivity contribution is 5.67. The number of likely N-dealkylation sites (tertiary alicyclic amines) is 1. The molecule has 4 heteroatoms. The van der Waals surface area contributed by atoms with E-state index in [1.807, 2.05) is 35.2 Å². The van der Waals surface area contributed by atoms with Crippen LogP contribution in [0.3, 0.4) is 0 Å². The van der Waals surface area contributed by atoms with Gasteiger partial charge in [-0.1, -0.05) is 30.3 Å². The van der Waals surface area contributed by atoms with E-state index in [0.717, 1.165) is 44.1 Å². The van der Waals surface area contributed by atoms with Crippen molar-refractivity contribution in [2.24, 2.45) is 11.8 Å². The van der Waals surface area contributed by atoms with Crippen molar-refractivity contribution in [3.8, 4) is 0 Å². The summed E-state index contributed by atoms with van der Waals surface area (Å²) >= 11 is 0. The molecule has 19 heavy (non-hydrogen) atoms. The summed E-state index contributed by atoms with van der Waals surface area (Å²) in [4.78, 5) is 13.9. The molecule has 2 unspecified atom stereocenters. The van der Waals surface area contributed by atoms with Crippen molar-refractivity contribution in [1.29, 1.82) is 0 Å². The second kappa shape index (κ2) is 5.61. The number of nitrogens with zero attached hydrogens (tertiary/aromatic N) is 1. The monoisotopic (exact) mass is 260 g/mol. The van der Waals surface area contributed by atoms with Gasteiger partial charge in [-0.2, -0.15) is 0 Å². The van der Waals surface area contributed by atoms with E-state index in [4.69, 9.17) is 4.74 Å². The van der Waals surface area contributed by atoms with Crippen LogP contribution in [-0.2, 0) is 11.3 Å². The Kier molecular flexibility index (Phi) is 3.69. The fraction of sp³-hybridized carbons (Fsp3) is 0.533. The van der Waals surface area contributed by atoms with Gasteiger partial charge in [0.2, 0.25) is 0 Å². The SMILES string of the molecule is O=C(OCc1ccccc1)N1CCC2CNCC2C1. The van der Waals surface area contributed by atoms with Gasteiger partial charge in [-0.05, 0) is 36.9 Å². The fourth-order valence-corrected chi connectivity index (χ4v) is 3.01. The standard InChI is InChI=1S/C15H20N2O2/c18-15(19-11-12-4-2-1-3-5-12)17-7-6-13-8-16-9-14(13)10-17/h1-5,13-14,16H,6-11H2. The maximum Gasteiger partial charge on any atom is 0.410 e. The molecule has 2 aliphatic heterocycles. The Balaban J connectivity index is 1.50. The van der Waals surface area contributed by atoms with Crippen molar-refractivity contribution < 1.29 is 9.53 Å². The first-order valence-corrected chi connectivity index (χ1v) is 6.99. The van der Waals surface area contributed by atoms with Crippen molar-refractivity contribution in [1.82, 2.24) is 10.2 Å². The molecular formula is C15H20N2O2. The van der Waals surface area contributed by atoms with Crippen molar-refractivity contribution in [3.63, 3.8) is 0 Å². The number of hydrogen-bond donors (Lipinski definition) is 1. The molecule has 1 aromatic carbocycles. The molecule has 0 aromatic heterocycles. The predicted molar refractivity (Wildman–Crippen MR) is 72.7 cm³/mol. The molecule has 1 aromatic rings. The first kappa shape index (κ1) is 12.5. The van der Waals surface area contributed by atoms with Crippen LogP contribution < -0.4 is 5.32 Å². The third kappa shape index (κ3) is 2.89. The van der Waals surface area contributed by atoms with Crippen LogP contribution >= 0.6 is 0 Å². The van der Waals surface area contributed by atoms with Gasteiger partial charge in [0.15, 0.2) is 0 Å². The molecule has 0 radical (unpaired) electrons. The molecule has 0 spiro atoms. The normalized spacial score (nSPS) is 26.0. The number of piperidine rings is 1. The lowest BCUT2D eigenvalue weighted by Crippen LogP contribution is -2.43. The summed E-state index contributed by atoms with van der Waals surface area (Å²) in [5.74, 6) is 1.36. The number of amides is 1. The summed E-state index contributed by atoms with van der Waals surface area (Å²) in [7, 11) is 0. The van der Waals surface area contributed by atoms with Gasteiger partial charge in [-0.15, -0.1) is 0 Å². The topological polar surface area (TPSA) is 41.6 Å². The quantitative estimate of drug-likeness (QED) is 0.882. The Morgan fingerprint density at radius 3 is 2.89 bits per heavy atom. The van der Waals surface area contributed by atoms with Gasteiger partial charge in [0, 0.05) is 13.1 Å². The van der Waals surface area contributed by atoms with E-state index in [1.165, 1.54) is 0 Å². The lowest BCUT2D eigenvalue weighted by atomic mass is 9.89.